The number of piperidine rings is 1. The second-order valence-electron chi connectivity index (χ2n) is 9.64. The molecule has 1 atom stereocenters. The van der Waals surface area contributed by atoms with Crippen LogP contribution in [0.25, 0.3) is 0 Å². The Morgan fingerprint density at radius 1 is 1.03 bits per heavy atom. The Bertz CT molecular complexity index is 1120. The molecule has 3 heterocycles. The minimum Gasteiger partial charge on any atom is -0.342 e. The van der Waals surface area contributed by atoms with Crippen molar-refractivity contribution in [1.82, 2.24) is 19.2 Å². The molecule has 2 aromatic rings. The summed E-state index contributed by atoms with van der Waals surface area (Å²) in [5.74, 6) is 0.877. The van der Waals surface area contributed by atoms with Gasteiger partial charge in [0.05, 0.1) is 5.92 Å². The summed E-state index contributed by atoms with van der Waals surface area (Å²) in [5.41, 5.74) is 3.18. The van der Waals surface area contributed by atoms with E-state index in [1.54, 1.807) is 11.9 Å². The highest BCUT2D eigenvalue weighted by Gasteiger charge is 2.39. The number of carbonyl (C=O) groups excluding carboxylic acids is 2. The van der Waals surface area contributed by atoms with Gasteiger partial charge in [-0.2, -0.15) is 5.10 Å². The number of nitrogens with zero attached hydrogens (tertiary/aromatic N) is 5. The van der Waals surface area contributed by atoms with E-state index in [-0.39, 0.29) is 35.8 Å². The number of rotatable bonds is 4. The van der Waals surface area contributed by atoms with Gasteiger partial charge in [-0.3, -0.25) is 14.2 Å². The van der Waals surface area contributed by atoms with Crippen LogP contribution in [0.1, 0.15) is 61.0 Å². The molecule has 0 bridgehead atoms. The molecule has 170 valence electrons. The lowest BCUT2D eigenvalue weighted by Crippen LogP contribution is -2.42. The number of amides is 2. The number of benzene rings is 1. The summed E-state index contributed by atoms with van der Waals surface area (Å²) < 4.78 is 3.32. The molecule has 1 unspecified atom stereocenters. The summed E-state index contributed by atoms with van der Waals surface area (Å²) in [5, 5.41) is 4.52. The largest absolute Gasteiger partial charge is 0.345 e. The molecule has 1 saturated carbocycles. The Labute approximate surface area is 187 Å². The maximum absolute atomic E-state index is 13.2. The van der Waals surface area contributed by atoms with Crippen LogP contribution < -0.4 is 10.6 Å². The Balaban J connectivity index is 1.23. The number of carbonyl (C=O) groups is 2. The first-order valence-electron chi connectivity index (χ1n) is 11.7. The summed E-state index contributed by atoms with van der Waals surface area (Å²) in [7, 11) is 1.71. The van der Waals surface area contributed by atoms with Gasteiger partial charge in [0.25, 0.3) is 0 Å². The fourth-order valence-electron chi connectivity index (χ4n) is 5.09. The summed E-state index contributed by atoms with van der Waals surface area (Å²) in [6.45, 7) is 5.83. The third-order valence-corrected chi connectivity index (χ3v) is 7.34. The average molecular weight is 438 g/mol. The topological polar surface area (TPSA) is 80.4 Å². The lowest BCUT2D eigenvalue weighted by molar-refractivity contribution is -0.136. The molecule has 0 spiro atoms. The Morgan fingerprint density at radius 2 is 1.75 bits per heavy atom. The molecule has 1 aliphatic carbocycles. The van der Waals surface area contributed by atoms with Crippen LogP contribution in [-0.4, -0.2) is 50.7 Å². The maximum Gasteiger partial charge on any atom is 0.345 e. The van der Waals surface area contributed by atoms with Gasteiger partial charge < -0.3 is 9.80 Å². The van der Waals surface area contributed by atoms with Gasteiger partial charge in [-0.25, -0.2) is 9.48 Å². The summed E-state index contributed by atoms with van der Waals surface area (Å²) in [6.07, 6.45) is 3.96. The Hall–Kier alpha value is -2.90. The lowest BCUT2D eigenvalue weighted by Gasteiger charge is -2.33. The van der Waals surface area contributed by atoms with Crippen molar-refractivity contribution in [3.8, 4) is 0 Å². The molecule has 5 rings (SSSR count). The predicted octanol–water partition coefficient (Wildman–Crippen LogP) is 2.29. The van der Waals surface area contributed by atoms with Gasteiger partial charge >= 0.3 is 5.69 Å². The van der Waals surface area contributed by atoms with Crippen LogP contribution >= 0.6 is 0 Å². The van der Waals surface area contributed by atoms with Crippen molar-refractivity contribution in [2.75, 3.05) is 24.5 Å². The van der Waals surface area contributed by atoms with Gasteiger partial charge in [-0.1, -0.05) is 6.07 Å². The van der Waals surface area contributed by atoms with Crippen LogP contribution in [-0.2, 0) is 16.6 Å². The highest BCUT2D eigenvalue weighted by atomic mass is 16.2. The molecule has 32 heavy (non-hydrogen) atoms. The number of hydrogen-bond acceptors (Lipinski definition) is 4. The van der Waals surface area contributed by atoms with Crippen LogP contribution in [0, 0.1) is 19.8 Å². The minimum atomic E-state index is -0.292. The third kappa shape index (κ3) is 3.65. The summed E-state index contributed by atoms with van der Waals surface area (Å²) in [6, 6.07) is 6.31. The zero-order chi connectivity index (χ0) is 22.6. The fraction of sp³-hybridized carbons (Fsp3) is 0.583. The standard InChI is InChI=1S/C24H31N5O3/c1-15-4-5-20(12-16(15)2)28-14-18(13-21(28)30)23(31)27-10-8-17(9-11-27)22-25-26(3)24(32)29(22)19-6-7-19/h4-5,12,17-19H,6-11,13-14H2,1-3H3. The van der Waals surface area contributed by atoms with E-state index < -0.39 is 0 Å². The Morgan fingerprint density at radius 3 is 2.41 bits per heavy atom. The lowest BCUT2D eigenvalue weighted by atomic mass is 9.94. The van der Waals surface area contributed by atoms with Gasteiger partial charge in [0.1, 0.15) is 5.82 Å². The average Bonchev–Trinajstić information content (AvgIpc) is 3.48. The zero-order valence-corrected chi connectivity index (χ0v) is 19.1. The quantitative estimate of drug-likeness (QED) is 0.735. The van der Waals surface area contributed by atoms with Crippen LogP contribution in [0.3, 0.4) is 0 Å². The normalized spacial score (nSPS) is 22.1. The van der Waals surface area contributed by atoms with E-state index in [0.29, 0.717) is 25.7 Å². The number of aromatic nitrogens is 3. The monoisotopic (exact) mass is 437 g/mol. The maximum atomic E-state index is 13.2. The summed E-state index contributed by atoms with van der Waals surface area (Å²) in [4.78, 5) is 42.0. The van der Waals surface area contributed by atoms with Gasteiger partial charge in [-0.05, 0) is 62.8 Å². The van der Waals surface area contributed by atoms with Crippen molar-refractivity contribution in [2.45, 2.75) is 57.9 Å². The molecule has 2 saturated heterocycles. The molecular weight excluding hydrogens is 406 g/mol. The van der Waals surface area contributed by atoms with Crippen LogP contribution in [0.5, 0.6) is 0 Å². The van der Waals surface area contributed by atoms with E-state index in [2.05, 4.69) is 12.0 Å². The second-order valence-corrected chi connectivity index (χ2v) is 9.64. The third-order valence-electron chi connectivity index (χ3n) is 7.34. The van der Waals surface area contributed by atoms with Gasteiger partial charge in [0.15, 0.2) is 0 Å². The second kappa shape index (κ2) is 7.90. The van der Waals surface area contributed by atoms with E-state index in [1.807, 2.05) is 34.6 Å². The molecule has 3 fully saturated rings. The first-order chi connectivity index (χ1) is 15.3. The highest BCUT2D eigenvalue weighted by Crippen LogP contribution is 2.38. The smallest absolute Gasteiger partial charge is 0.342 e. The van der Waals surface area contributed by atoms with E-state index >= 15 is 0 Å². The van der Waals surface area contributed by atoms with Crippen molar-refractivity contribution in [1.29, 1.82) is 0 Å². The SMILES string of the molecule is Cc1ccc(N2CC(C(=O)N3CCC(c4nn(C)c(=O)n4C4CC4)CC3)CC2=O)cc1C. The van der Waals surface area contributed by atoms with Crippen LogP contribution in [0.15, 0.2) is 23.0 Å². The Kier molecular flexibility index (Phi) is 5.18. The molecule has 1 aromatic carbocycles. The fourth-order valence-corrected chi connectivity index (χ4v) is 5.09. The van der Waals surface area contributed by atoms with E-state index in [4.69, 9.17) is 0 Å². The van der Waals surface area contributed by atoms with Gasteiger partial charge in [-0.15, -0.1) is 0 Å². The predicted molar refractivity (Wildman–Crippen MR) is 121 cm³/mol. The van der Waals surface area contributed by atoms with Crippen LogP contribution in [0.4, 0.5) is 5.69 Å². The van der Waals surface area contributed by atoms with E-state index in [1.165, 1.54) is 10.2 Å². The zero-order valence-electron chi connectivity index (χ0n) is 19.1. The molecule has 2 amide bonds. The molecule has 1 aromatic heterocycles. The first-order valence-corrected chi connectivity index (χ1v) is 11.7. The van der Waals surface area contributed by atoms with E-state index in [9.17, 15) is 14.4 Å². The molecule has 0 radical (unpaired) electrons. The van der Waals surface area contributed by atoms with Crippen LogP contribution in [0.2, 0.25) is 0 Å². The van der Waals surface area contributed by atoms with Crippen molar-refractivity contribution in [3.63, 3.8) is 0 Å². The van der Waals surface area contributed by atoms with Gasteiger partial charge in [0, 0.05) is 50.7 Å². The number of anilines is 1. The molecule has 3 aliphatic rings. The van der Waals surface area contributed by atoms with Gasteiger partial charge in [0.2, 0.25) is 11.8 Å². The number of hydrogen-bond donors (Lipinski definition) is 0. The first kappa shape index (κ1) is 21.0. The highest BCUT2D eigenvalue weighted by molar-refractivity contribution is 6.00. The van der Waals surface area contributed by atoms with Crippen molar-refractivity contribution in [3.05, 3.63) is 45.6 Å². The summed E-state index contributed by atoms with van der Waals surface area (Å²) >= 11 is 0. The molecule has 2 aliphatic heterocycles. The van der Waals surface area contributed by atoms with Crippen molar-refractivity contribution < 1.29 is 9.59 Å². The molecule has 8 nitrogen and oxygen atoms in total. The molecule has 0 N–H and O–H groups in total. The number of aryl methyl sites for hydroxylation is 3. The molecular formula is C24H31N5O3. The van der Waals surface area contributed by atoms with E-state index in [0.717, 1.165) is 42.8 Å². The van der Waals surface area contributed by atoms with Crippen molar-refractivity contribution >= 4 is 17.5 Å². The van der Waals surface area contributed by atoms with Crippen molar-refractivity contribution in [2.24, 2.45) is 13.0 Å². The molecule has 8 heteroatoms. The minimum absolute atomic E-state index is 0.0171. The number of likely N-dealkylation sites (tertiary alicyclic amines) is 1.